The van der Waals surface area contributed by atoms with Gasteiger partial charge in [0.2, 0.25) is 0 Å². The molecule has 1 fully saturated rings. The Hall–Kier alpha value is -3.38. The molecule has 0 spiro atoms. The Kier molecular flexibility index (Phi) is 5.91. The van der Waals surface area contributed by atoms with Gasteiger partial charge in [0.25, 0.3) is 11.7 Å². The SMILES string of the molecule is CCOc1ccc(N2C(=O)C(=O)/C(=C(/O)c3ccc(Br)cc3)C2c2ccccc2)cc1. The topological polar surface area (TPSA) is 66.8 Å². The molecule has 31 heavy (non-hydrogen) atoms. The molecule has 156 valence electrons. The van der Waals surface area contributed by atoms with Crippen molar-refractivity contribution in [3.63, 3.8) is 0 Å². The Morgan fingerprint density at radius 3 is 2.23 bits per heavy atom. The first-order chi connectivity index (χ1) is 15.0. The Morgan fingerprint density at radius 1 is 0.968 bits per heavy atom. The highest BCUT2D eigenvalue weighted by atomic mass is 79.9. The molecule has 6 heteroatoms. The number of hydrogen-bond acceptors (Lipinski definition) is 4. The molecule has 3 aromatic rings. The number of ketones is 1. The minimum absolute atomic E-state index is 0.0624. The average molecular weight is 478 g/mol. The first-order valence-corrected chi connectivity index (χ1v) is 10.6. The highest BCUT2D eigenvalue weighted by molar-refractivity contribution is 9.10. The lowest BCUT2D eigenvalue weighted by Gasteiger charge is -2.25. The maximum atomic E-state index is 13.1. The van der Waals surface area contributed by atoms with Gasteiger partial charge in [0.05, 0.1) is 18.2 Å². The summed E-state index contributed by atoms with van der Waals surface area (Å²) in [5, 5.41) is 11.1. The zero-order valence-electron chi connectivity index (χ0n) is 16.8. The van der Waals surface area contributed by atoms with Crippen molar-refractivity contribution in [1.29, 1.82) is 0 Å². The minimum atomic E-state index is -0.747. The Morgan fingerprint density at radius 2 is 1.61 bits per heavy atom. The molecule has 1 N–H and O–H groups in total. The van der Waals surface area contributed by atoms with E-state index in [0.717, 1.165) is 10.0 Å². The number of nitrogens with zero attached hydrogens (tertiary/aromatic N) is 1. The van der Waals surface area contributed by atoms with Gasteiger partial charge in [-0.05, 0) is 48.9 Å². The van der Waals surface area contributed by atoms with Crippen LogP contribution >= 0.6 is 15.9 Å². The molecule has 4 rings (SSSR count). The molecule has 0 radical (unpaired) electrons. The summed E-state index contributed by atoms with van der Waals surface area (Å²) in [5.41, 5.74) is 1.81. The number of halogens is 1. The summed E-state index contributed by atoms with van der Waals surface area (Å²) < 4.78 is 6.33. The number of Topliss-reactive ketones (excluding diaryl/α,β-unsaturated/α-hetero) is 1. The van der Waals surface area contributed by atoms with Gasteiger partial charge in [0.1, 0.15) is 11.5 Å². The van der Waals surface area contributed by atoms with E-state index >= 15 is 0 Å². The van der Waals surface area contributed by atoms with E-state index in [0.29, 0.717) is 23.6 Å². The third-order valence-electron chi connectivity index (χ3n) is 5.10. The van der Waals surface area contributed by atoms with E-state index in [1.165, 1.54) is 4.90 Å². The van der Waals surface area contributed by atoms with Crippen LogP contribution in [0.3, 0.4) is 0 Å². The largest absolute Gasteiger partial charge is 0.507 e. The number of hydrogen-bond donors (Lipinski definition) is 1. The van der Waals surface area contributed by atoms with Crippen LogP contribution in [0.2, 0.25) is 0 Å². The molecular weight excluding hydrogens is 458 g/mol. The monoisotopic (exact) mass is 477 g/mol. The van der Waals surface area contributed by atoms with Crippen molar-refractivity contribution >= 4 is 39.1 Å². The van der Waals surface area contributed by atoms with E-state index < -0.39 is 17.7 Å². The molecule has 3 aromatic carbocycles. The highest BCUT2D eigenvalue weighted by Gasteiger charge is 2.46. The number of aliphatic hydroxyl groups is 1. The molecule has 0 aromatic heterocycles. The van der Waals surface area contributed by atoms with Crippen LogP contribution in [0.15, 0.2) is 88.9 Å². The molecule has 0 aliphatic carbocycles. The van der Waals surface area contributed by atoms with Crippen molar-refractivity contribution in [2.45, 2.75) is 13.0 Å². The molecule has 1 saturated heterocycles. The fourth-order valence-electron chi connectivity index (χ4n) is 3.68. The lowest BCUT2D eigenvalue weighted by atomic mass is 9.95. The quantitative estimate of drug-likeness (QED) is 0.300. The van der Waals surface area contributed by atoms with Gasteiger partial charge in [-0.25, -0.2) is 0 Å². The second-order valence-electron chi connectivity index (χ2n) is 7.01. The number of aliphatic hydroxyl groups excluding tert-OH is 1. The van der Waals surface area contributed by atoms with Crippen LogP contribution in [0.1, 0.15) is 24.1 Å². The number of amides is 1. The van der Waals surface area contributed by atoms with E-state index in [-0.39, 0.29) is 11.3 Å². The predicted molar refractivity (Wildman–Crippen MR) is 123 cm³/mol. The summed E-state index contributed by atoms with van der Waals surface area (Å²) in [6.45, 7) is 2.42. The van der Waals surface area contributed by atoms with Crippen molar-refractivity contribution in [2.75, 3.05) is 11.5 Å². The van der Waals surface area contributed by atoms with Crippen molar-refractivity contribution < 1.29 is 19.4 Å². The third kappa shape index (κ3) is 3.99. The van der Waals surface area contributed by atoms with Crippen molar-refractivity contribution in [2.24, 2.45) is 0 Å². The molecule has 1 aliphatic rings. The van der Waals surface area contributed by atoms with E-state index in [9.17, 15) is 14.7 Å². The Labute approximate surface area is 188 Å². The van der Waals surface area contributed by atoms with Gasteiger partial charge in [0, 0.05) is 15.7 Å². The van der Waals surface area contributed by atoms with Gasteiger partial charge in [-0.15, -0.1) is 0 Å². The fraction of sp³-hybridized carbons (Fsp3) is 0.120. The lowest BCUT2D eigenvalue weighted by Crippen LogP contribution is -2.29. The molecule has 1 atom stereocenters. The molecular formula is C25H20BrNO4. The summed E-state index contributed by atoms with van der Waals surface area (Å²) >= 11 is 3.37. The van der Waals surface area contributed by atoms with Crippen LogP contribution in [0, 0.1) is 0 Å². The second-order valence-corrected chi connectivity index (χ2v) is 7.93. The van der Waals surface area contributed by atoms with Crippen molar-refractivity contribution in [1.82, 2.24) is 0 Å². The molecule has 1 aliphatic heterocycles. The maximum absolute atomic E-state index is 13.1. The van der Waals surface area contributed by atoms with Crippen LogP contribution in [0.5, 0.6) is 5.75 Å². The number of carbonyl (C=O) groups excluding carboxylic acids is 2. The van der Waals surface area contributed by atoms with Crippen LogP contribution in [-0.4, -0.2) is 23.4 Å². The third-order valence-corrected chi connectivity index (χ3v) is 5.63. The number of benzene rings is 3. The van der Waals surface area contributed by atoms with Crippen LogP contribution in [0.25, 0.3) is 5.76 Å². The molecule has 1 heterocycles. The van der Waals surface area contributed by atoms with E-state index in [1.807, 2.05) is 37.3 Å². The number of carbonyl (C=O) groups is 2. The summed E-state index contributed by atoms with van der Waals surface area (Å²) in [5.74, 6) is -0.929. The maximum Gasteiger partial charge on any atom is 0.300 e. The van der Waals surface area contributed by atoms with Crippen molar-refractivity contribution in [3.05, 3.63) is 100 Å². The summed E-state index contributed by atoms with van der Waals surface area (Å²) in [4.78, 5) is 27.6. The first kappa shape index (κ1) is 20.9. The van der Waals surface area contributed by atoms with Gasteiger partial charge in [0.15, 0.2) is 0 Å². The standard InChI is InChI=1S/C25H20BrNO4/c1-2-31-20-14-12-19(13-15-20)27-22(16-6-4-3-5-7-16)21(24(29)25(27)30)23(28)17-8-10-18(26)11-9-17/h3-15,22,28H,2H2,1H3/b23-21+. The molecule has 0 bridgehead atoms. The average Bonchev–Trinajstić information content (AvgIpc) is 3.06. The van der Waals surface area contributed by atoms with Crippen LogP contribution in [-0.2, 0) is 9.59 Å². The molecule has 0 saturated carbocycles. The molecule has 1 amide bonds. The predicted octanol–water partition coefficient (Wildman–Crippen LogP) is 5.47. The summed E-state index contributed by atoms with van der Waals surface area (Å²) in [7, 11) is 0. The van der Waals surface area contributed by atoms with Gasteiger partial charge in [-0.1, -0.05) is 58.4 Å². The first-order valence-electron chi connectivity index (χ1n) is 9.86. The second kappa shape index (κ2) is 8.78. The summed E-state index contributed by atoms with van der Waals surface area (Å²) in [6.07, 6.45) is 0. The van der Waals surface area contributed by atoms with Gasteiger partial charge in [-0.3, -0.25) is 14.5 Å². The van der Waals surface area contributed by atoms with Gasteiger partial charge >= 0.3 is 0 Å². The Bertz CT molecular complexity index is 1140. The van der Waals surface area contributed by atoms with Gasteiger partial charge in [-0.2, -0.15) is 0 Å². The highest BCUT2D eigenvalue weighted by Crippen LogP contribution is 2.42. The van der Waals surface area contributed by atoms with E-state index in [2.05, 4.69) is 15.9 Å². The molecule has 1 unspecified atom stereocenters. The van der Waals surface area contributed by atoms with Crippen LogP contribution < -0.4 is 9.64 Å². The zero-order chi connectivity index (χ0) is 22.0. The zero-order valence-corrected chi connectivity index (χ0v) is 18.4. The van der Waals surface area contributed by atoms with Crippen LogP contribution in [0.4, 0.5) is 5.69 Å². The van der Waals surface area contributed by atoms with E-state index in [4.69, 9.17) is 4.74 Å². The number of anilines is 1. The Balaban J connectivity index is 1.87. The number of ether oxygens (including phenoxy) is 1. The smallest absolute Gasteiger partial charge is 0.300 e. The normalized spacial score (nSPS) is 17.7. The van der Waals surface area contributed by atoms with E-state index in [1.54, 1.807) is 48.5 Å². The van der Waals surface area contributed by atoms with Gasteiger partial charge < -0.3 is 9.84 Å². The van der Waals surface area contributed by atoms with Crippen molar-refractivity contribution in [3.8, 4) is 5.75 Å². The number of rotatable bonds is 5. The minimum Gasteiger partial charge on any atom is -0.507 e. The summed E-state index contributed by atoms with van der Waals surface area (Å²) in [6, 6.07) is 22.4. The molecule has 5 nitrogen and oxygen atoms in total. The fourth-order valence-corrected chi connectivity index (χ4v) is 3.95. The lowest BCUT2D eigenvalue weighted by molar-refractivity contribution is -0.132.